The van der Waals surface area contributed by atoms with Gasteiger partial charge in [0.05, 0.1) is 12.2 Å². The molecule has 2 heterocycles. The number of carbonyl (C=O) groups excluding carboxylic acids is 4. The number of para-hydroxylation sites is 1. The van der Waals surface area contributed by atoms with E-state index in [0.717, 1.165) is 5.56 Å². The summed E-state index contributed by atoms with van der Waals surface area (Å²) in [6, 6.07) is 11.3. The predicted molar refractivity (Wildman–Crippen MR) is 163 cm³/mol. The second-order valence-electron chi connectivity index (χ2n) is 11.9. The van der Waals surface area contributed by atoms with Crippen molar-refractivity contribution in [1.82, 2.24) is 21.3 Å². The fourth-order valence-electron chi connectivity index (χ4n) is 5.65. The first kappa shape index (κ1) is 32.9. The summed E-state index contributed by atoms with van der Waals surface area (Å²) in [4.78, 5) is 53.1. The topological polar surface area (TPSA) is 135 Å². The molecule has 0 aliphatic carbocycles. The van der Waals surface area contributed by atoms with Crippen molar-refractivity contribution in [3.05, 3.63) is 65.5 Å². The summed E-state index contributed by atoms with van der Waals surface area (Å²) in [5.74, 6) is -1.50. The average Bonchev–Trinajstić information content (AvgIpc) is 3.01. The van der Waals surface area contributed by atoms with Crippen molar-refractivity contribution in [3.63, 3.8) is 0 Å². The molecule has 4 rings (SSSR count). The Morgan fingerprint density at radius 2 is 1.82 bits per heavy atom. The van der Waals surface area contributed by atoms with Crippen LogP contribution in [0.4, 0.5) is 4.39 Å². The van der Waals surface area contributed by atoms with Crippen LogP contribution in [0, 0.1) is 11.7 Å². The van der Waals surface area contributed by atoms with Gasteiger partial charge < -0.3 is 30.7 Å². The zero-order valence-corrected chi connectivity index (χ0v) is 25.5. The smallest absolute Gasteiger partial charge is 0.255 e. The number of rotatable bonds is 6. The lowest BCUT2D eigenvalue weighted by Crippen LogP contribution is -2.52. The van der Waals surface area contributed by atoms with Gasteiger partial charge in [-0.2, -0.15) is 0 Å². The number of hydrogen-bond acceptors (Lipinski definition) is 6. The van der Waals surface area contributed by atoms with E-state index >= 15 is 0 Å². The van der Waals surface area contributed by atoms with Crippen LogP contribution in [0.5, 0.6) is 5.75 Å². The Morgan fingerprint density at radius 1 is 1.05 bits per heavy atom. The highest BCUT2D eigenvalue weighted by atomic mass is 19.1. The molecule has 1 saturated heterocycles. The molecule has 0 bridgehead atoms. The van der Waals surface area contributed by atoms with Crippen LogP contribution in [0.15, 0.2) is 48.5 Å². The normalized spacial score (nSPS) is 21.7. The number of carbonyl (C=O) groups is 4. The fraction of sp³-hybridized carbons (Fsp3) is 0.515. The molecular formula is C33H43FN4O6. The number of fused-ring (bicyclic) bond motifs is 1. The van der Waals surface area contributed by atoms with Gasteiger partial charge >= 0.3 is 0 Å². The molecule has 0 unspecified atom stereocenters. The summed E-state index contributed by atoms with van der Waals surface area (Å²) in [5.41, 5.74) is 0.472. The number of halogens is 1. The highest BCUT2D eigenvalue weighted by Crippen LogP contribution is 2.34. The van der Waals surface area contributed by atoms with Gasteiger partial charge in [-0.05, 0) is 67.9 Å². The van der Waals surface area contributed by atoms with Gasteiger partial charge in [-0.25, -0.2) is 4.39 Å². The first-order chi connectivity index (χ1) is 21.2. The molecular weight excluding hydrogens is 567 g/mol. The number of ether oxygens (including phenoxy) is 2. The number of amides is 4. The van der Waals surface area contributed by atoms with E-state index in [1.54, 1.807) is 30.3 Å². The minimum absolute atomic E-state index is 0.00146. The Bertz CT molecular complexity index is 1310. The molecule has 1 fully saturated rings. The fourth-order valence-corrected chi connectivity index (χ4v) is 5.65. The van der Waals surface area contributed by atoms with Crippen LogP contribution in [0.2, 0.25) is 0 Å². The van der Waals surface area contributed by atoms with E-state index in [1.807, 2.05) is 19.9 Å². The Hall–Kier alpha value is -3.99. The van der Waals surface area contributed by atoms with Crippen molar-refractivity contribution in [2.45, 2.75) is 69.9 Å². The largest absolute Gasteiger partial charge is 0.493 e. The second-order valence-corrected chi connectivity index (χ2v) is 11.9. The molecule has 2 aromatic rings. The maximum atomic E-state index is 14.2. The number of nitrogens with one attached hydrogen (secondary N) is 4. The van der Waals surface area contributed by atoms with E-state index < -0.39 is 35.2 Å². The Kier molecular flexibility index (Phi) is 11.7. The van der Waals surface area contributed by atoms with Gasteiger partial charge in [-0.1, -0.05) is 38.1 Å². The molecule has 4 amide bonds. The highest BCUT2D eigenvalue weighted by Gasteiger charge is 2.36. The highest BCUT2D eigenvalue weighted by molar-refractivity contribution is 5.99. The molecule has 10 nitrogen and oxygen atoms in total. The van der Waals surface area contributed by atoms with Crippen molar-refractivity contribution in [2.24, 2.45) is 5.92 Å². The molecule has 44 heavy (non-hydrogen) atoms. The van der Waals surface area contributed by atoms with Gasteiger partial charge in [0, 0.05) is 38.1 Å². The maximum Gasteiger partial charge on any atom is 0.255 e. The van der Waals surface area contributed by atoms with Crippen LogP contribution >= 0.6 is 0 Å². The van der Waals surface area contributed by atoms with Crippen LogP contribution in [-0.2, 0) is 24.5 Å². The SMILES string of the molecule is CC(C)C[C@@H]1NC(=O)CC[C@@H](C(=O)NCC2(c3cccc(F)c3)CCOCC2)NC(=O)c2ccccc2OCCCNC1=O. The summed E-state index contributed by atoms with van der Waals surface area (Å²) >= 11 is 0. The van der Waals surface area contributed by atoms with Gasteiger partial charge in [0.25, 0.3) is 5.91 Å². The predicted octanol–water partition coefficient (Wildman–Crippen LogP) is 3.00. The van der Waals surface area contributed by atoms with E-state index in [1.165, 1.54) is 12.1 Å². The van der Waals surface area contributed by atoms with E-state index in [4.69, 9.17) is 9.47 Å². The zero-order chi connectivity index (χ0) is 31.5. The van der Waals surface area contributed by atoms with Crippen LogP contribution in [0.3, 0.4) is 0 Å². The van der Waals surface area contributed by atoms with Gasteiger partial charge in [0.2, 0.25) is 17.7 Å². The summed E-state index contributed by atoms with van der Waals surface area (Å²) in [6.07, 6.45) is 2.02. The van der Waals surface area contributed by atoms with Crippen LogP contribution in [0.25, 0.3) is 0 Å². The van der Waals surface area contributed by atoms with E-state index in [0.29, 0.717) is 51.2 Å². The number of benzene rings is 2. The Morgan fingerprint density at radius 3 is 2.57 bits per heavy atom. The van der Waals surface area contributed by atoms with Crippen LogP contribution in [-0.4, -0.2) is 68.6 Å². The summed E-state index contributed by atoms with van der Waals surface area (Å²) in [6.45, 7) is 5.67. The van der Waals surface area contributed by atoms with Gasteiger partial charge in [-0.3, -0.25) is 19.2 Å². The summed E-state index contributed by atoms with van der Waals surface area (Å²) in [7, 11) is 0. The summed E-state index contributed by atoms with van der Waals surface area (Å²) in [5, 5.41) is 11.4. The van der Waals surface area contributed by atoms with Crippen molar-refractivity contribution in [3.8, 4) is 5.75 Å². The van der Waals surface area contributed by atoms with Crippen LogP contribution < -0.4 is 26.0 Å². The Balaban J connectivity index is 1.56. The molecule has 2 atom stereocenters. The van der Waals surface area contributed by atoms with Gasteiger partial charge in [0.1, 0.15) is 23.7 Å². The standard InChI is InChI=1S/C33H43FN4O6/c1-22(2)19-27-32(42)35-15-6-16-44-28-10-4-3-9-25(28)30(40)38-26(11-12-29(39)37-27)31(41)36-21-33(13-17-43-18-14-33)23-7-5-8-24(34)20-23/h3-5,7-10,20,22,26-27H,6,11-19,21H2,1-2H3,(H,35,42)(H,36,41)(H,37,39)(H,38,40)/t26-,27-/m0/s1. The Labute approximate surface area is 257 Å². The lowest BCUT2D eigenvalue weighted by Gasteiger charge is -2.38. The minimum atomic E-state index is -1.06. The molecule has 238 valence electrons. The van der Waals surface area contributed by atoms with Crippen LogP contribution in [0.1, 0.15) is 68.3 Å². The molecule has 11 heteroatoms. The average molecular weight is 611 g/mol. The summed E-state index contributed by atoms with van der Waals surface area (Å²) < 4.78 is 25.6. The first-order valence-electron chi connectivity index (χ1n) is 15.4. The monoisotopic (exact) mass is 610 g/mol. The molecule has 0 aromatic heterocycles. The van der Waals surface area contributed by atoms with E-state index in [2.05, 4.69) is 21.3 Å². The quantitative estimate of drug-likeness (QED) is 0.397. The third-order valence-corrected chi connectivity index (χ3v) is 8.14. The molecule has 0 saturated carbocycles. The molecule has 4 N–H and O–H groups in total. The third kappa shape index (κ3) is 9.01. The van der Waals surface area contributed by atoms with Crippen molar-refractivity contribution in [1.29, 1.82) is 0 Å². The van der Waals surface area contributed by atoms with E-state index in [9.17, 15) is 23.6 Å². The molecule has 0 spiro atoms. The van der Waals surface area contributed by atoms with Gasteiger partial charge in [0.15, 0.2) is 0 Å². The lowest BCUT2D eigenvalue weighted by atomic mass is 9.74. The third-order valence-electron chi connectivity index (χ3n) is 8.14. The molecule has 2 aromatic carbocycles. The van der Waals surface area contributed by atoms with Gasteiger partial charge in [-0.15, -0.1) is 0 Å². The lowest BCUT2D eigenvalue weighted by molar-refractivity contribution is -0.130. The van der Waals surface area contributed by atoms with Crippen molar-refractivity contribution in [2.75, 3.05) is 32.9 Å². The first-order valence-corrected chi connectivity index (χ1v) is 15.4. The molecule has 2 aliphatic rings. The molecule has 0 radical (unpaired) electrons. The van der Waals surface area contributed by atoms with Crippen molar-refractivity contribution >= 4 is 23.6 Å². The second kappa shape index (κ2) is 15.7. The maximum absolute atomic E-state index is 14.2. The molecule has 2 aliphatic heterocycles. The zero-order valence-electron chi connectivity index (χ0n) is 25.5. The van der Waals surface area contributed by atoms with Crippen molar-refractivity contribution < 1.29 is 33.0 Å². The number of hydrogen-bond donors (Lipinski definition) is 4. The minimum Gasteiger partial charge on any atom is -0.493 e. The van der Waals surface area contributed by atoms with E-state index in [-0.39, 0.29) is 49.2 Å².